The Morgan fingerprint density at radius 2 is 1.56 bits per heavy atom. The van der Waals surface area contributed by atoms with Crippen molar-refractivity contribution in [3.05, 3.63) is 0 Å². The first-order valence-corrected chi connectivity index (χ1v) is 7.66. The summed E-state index contributed by atoms with van der Waals surface area (Å²) >= 11 is 0. The molecule has 1 unspecified atom stereocenters. The van der Waals surface area contributed by atoms with Crippen LogP contribution in [0.15, 0.2) is 0 Å². The van der Waals surface area contributed by atoms with Crippen LogP contribution in [0.5, 0.6) is 0 Å². The summed E-state index contributed by atoms with van der Waals surface area (Å²) in [7, 11) is -4.31. The van der Waals surface area contributed by atoms with Crippen LogP contribution in [-0.2, 0) is 9.09 Å². The molecule has 0 bridgehead atoms. The molecule has 0 aromatic rings. The van der Waals surface area contributed by atoms with Crippen LogP contribution in [0, 0.1) is 5.92 Å². The maximum Gasteiger partial charge on any atom is 0.469 e. The highest BCUT2D eigenvalue weighted by molar-refractivity contribution is 7.46. The maximum atomic E-state index is 10.6. The lowest BCUT2D eigenvalue weighted by atomic mass is 9.92. The van der Waals surface area contributed by atoms with Gasteiger partial charge in [-0.2, -0.15) is 0 Å². The predicted molar refractivity (Wildman–Crippen MR) is 65.1 cm³/mol. The second-order valence-corrected chi connectivity index (χ2v) is 5.62. The van der Waals surface area contributed by atoms with E-state index in [2.05, 4.69) is 18.4 Å². The van der Waals surface area contributed by atoms with E-state index in [0.717, 1.165) is 12.8 Å². The van der Waals surface area contributed by atoms with Crippen LogP contribution in [0.1, 0.15) is 59.3 Å². The van der Waals surface area contributed by atoms with E-state index in [9.17, 15) is 4.57 Å². The van der Waals surface area contributed by atoms with Gasteiger partial charge in [0.25, 0.3) is 0 Å². The zero-order valence-electron chi connectivity index (χ0n) is 10.6. The molecule has 0 amide bonds. The second kappa shape index (κ2) is 8.24. The average Bonchev–Trinajstić information content (AvgIpc) is 2.12. The Kier molecular flexibility index (Phi) is 8.29. The minimum Gasteiger partial charge on any atom is -0.303 e. The molecule has 0 aromatic heterocycles. The first kappa shape index (κ1) is 16.1. The molecule has 98 valence electrons. The number of hydrogen-bond donors (Lipinski definition) is 2. The van der Waals surface area contributed by atoms with E-state index < -0.39 is 7.82 Å². The summed E-state index contributed by atoms with van der Waals surface area (Å²) in [6.07, 6.45) is 6.06. The average molecular weight is 252 g/mol. The Morgan fingerprint density at radius 1 is 1.06 bits per heavy atom. The summed E-state index contributed by atoms with van der Waals surface area (Å²) in [4.78, 5) is 17.3. The molecule has 2 N–H and O–H groups in total. The molecule has 0 heterocycles. The molecular weight excluding hydrogens is 227 g/mol. The number of hydrogen-bond acceptors (Lipinski definition) is 2. The van der Waals surface area contributed by atoms with Crippen molar-refractivity contribution in [2.24, 2.45) is 5.92 Å². The zero-order chi connectivity index (χ0) is 12.6. The van der Waals surface area contributed by atoms with Gasteiger partial charge in [-0.15, -0.1) is 0 Å². The zero-order valence-corrected chi connectivity index (χ0v) is 11.4. The fourth-order valence-electron chi connectivity index (χ4n) is 2.01. The minimum atomic E-state index is -4.31. The van der Waals surface area contributed by atoms with Crippen molar-refractivity contribution in [1.82, 2.24) is 0 Å². The van der Waals surface area contributed by atoms with Gasteiger partial charge in [-0.3, -0.25) is 4.52 Å². The van der Waals surface area contributed by atoms with Crippen molar-refractivity contribution in [2.75, 3.05) is 0 Å². The van der Waals surface area contributed by atoms with Crippen LogP contribution in [0.25, 0.3) is 0 Å². The van der Waals surface area contributed by atoms with Gasteiger partial charge in [0, 0.05) is 0 Å². The van der Waals surface area contributed by atoms with Crippen LogP contribution in [0.3, 0.4) is 0 Å². The van der Waals surface area contributed by atoms with Gasteiger partial charge in [-0.1, -0.05) is 39.5 Å². The molecular formula is C11H25O4P. The molecule has 0 spiro atoms. The predicted octanol–water partition coefficient (Wildman–Crippen LogP) is 3.48. The van der Waals surface area contributed by atoms with Gasteiger partial charge in [0.05, 0.1) is 6.10 Å². The van der Waals surface area contributed by atoms with Crippen molar-refractivity contribution in [2.45, 2.75) is 65.4 Å². The topological polar surface area (TPSA) is 66.8 Å². The molecule has 4 nitrogen and oxygen atoms in total. The van der Waals surface area contributed by atoms with E-state index in [-0.39, 0.29) is 6.10 Å². The maximum absolute atomic E-state index is 10.6. The number of phosphoric ester groups is 1. The largest absolute Gasteiger partial charge is 0.469 e. The molecule has 5 heteroatoms. The van der Waals surface area contributed by atoms with Gasteiger partial charge in [-0.25, -0.2) is 4.57 Å². The molecule has 0 aliphatic carbocycles. The van der Waals surface area contributed by atoms with Gasteiger partial charge in [0.2, 0.25) is 0 Å². The summed E-state index contributed by atoms with van der Waals surface area (Å²) in [5.74, 6) is 0.665. The highest BCUT2D eigenvalue weighted by atomic mass is 31.2. The molecule has 0 radical (unpaired) electrons. The van der Waals surface area contributed by atoms with Crippen LogP contribution >= 0.6 is 7.82 Å². The van der Waals surface area contributed by atoms with Gasteiger partial charge in [0.15, 0.2) is 0 Å². The van der Waals surface area contributed by atoms with Crippen LogP contribution in [0.2, 0.25) is 0 Å². The van der Waals surface area contributed by atoms with E-state index >= 15 is 0 Å². The minimum absolute atomic E-state index is 0.364. The van der Waals surface area contributed by atoms with Crippen LogP contribution in [0.4, 0.5) is 0 Å². The van der Waals surface area contributed by atoms with Gasteiger partial charge >= 0.3 is 7.82 Å². The molecule has 0 aliphatic rings. The summed E-state index contributed by atoms with van der Waals surface area (Å²) in [6, 6.07) is 0. The third-order valence-corrected chi connectivity index (χ3v) is 3.33. The SMILES string of the molecule is CCCC(CCC)CCC(C)OP(=O)(O)O. The molecule has 0 aromatic carbocycles. The summed E-state index contributed by atoms with van der Waals surface area (Å²) in [5.41, 5.74) is 0. The summed E-state index contributed by atoms with van der Waals surface area (Å²) < 4.78 is 15.2. The Balaban J connectivity index is 3.86. The first-order chi connectivity index (χ1) is 7.39. The molecule has 0 saturated heterocycles. The Bertz CT molecular complexity index is 208. The fraction of sp³-hybridized carbons (Fsp3) is 1.00. The van der Waals surface area contributed by atoms with E-state index in [0.29, 0.717) is 5.92 Å². The highest BCUT2D eigenvalue weighted by Crippen LogP contribution is 2.38. The van der Waals surface area contributed by atoms with Gasteiger partial charge < -0.3 is 9.79 Å². The second-order valence-electron chi connectivity index (χ2n) is 4.43. The summed E-state index contributed by atoms with van der Waals surface area (Å²) in [6.45, 7) is 6.05. The van der Waals surface area contributed by atoms with Crippen molar-refractivity contribution < 1.29 is 18.9 Å². The van der Waals surface area contributed by atoms with Crippen molar-refractivity contribution >= 4 is 7.82 Å². The smallest absolute Gasteiger partial charge is 0.303 e. The molecule has 0 saturated carbocycles. The van der Waals surface area contributed by atoms with Crippen LogP contribution < -0.4 is 0 Å². The van der Waals surface area contributed by atoms with Gasteiger partial charge in [0.1, 0.15) is 0 Å². The van der Waals surface area contributed by atoms with Crippen molar-refractivity contribution in [3.8, 4) is 0 Å². The van der Waals surface area contributed by atoms with Gasteiger partial charge in [-0.05, 0) is 25.7 Å². The van der Waals surface area contributed by atoms with E-state index in [1.54, 1.807) is 6.92 Å². The molecule has 0 rings (SSSR count). The fourth-order valence-corrected chi connectivity index (χ4v) is 2.58. The first-order valence-electron chi connectivity index (χ1n) is 6.13. The van der Waals surface area contributed by atoms with Crippen molar-refractivity contribution in [3.63, 3.8) is 0 Å². The third kappa shape index (κ3) is 9.34. The van der Waals surface area contributed by atoms with Crippen LogP contribution in [-0.4, -0.2) is 15.9 Å². The summed E-state index contributed by atoms with van der Waals surface area (Å²) in [5, 5.41) is 0. The lowest BCUT2D eigenvalue weighted by Crippen LogP contribution is -2.10. The quantitative estimate of drug-likeness (QED) is 0.616. The molecule has 1 atom stereocenters. The molecule has 0 fully saturated rings. The van der Waals surface area contributed by atoms with Crippen molar-refractivity contribution in [1.29, 1.82) is 0 Å². The lowest BCUT2D eigenvalue weighted by Gasteiger charge is -2.18. The Hall–Kier alpha value is 0.110. The Morgan fingerprint density at radius 3 is 1.94 bits per heavy atom. The lowest BCUT2D eigenvalue weighted by molar-refractivity contribution is 0.131. The Labute approximate surface area is 98.6 Å². The third-order valence-electron chi connectivity index (χ3n) is 2.69. The molecule has 0 aliphatic heterocycles. The highest BCUT2D eigenvalue weighted by Gasteiger charge is 2.19. The number of phosphoric acid groups is 1. The standard InChI is InChI=1S/C11H25O4P/c1-4-6-11(7-5-2)9-8-10(3)15-16(12,13)14/h10-11H,4-9H2,1-3H3,(H2,12,13,14). The number of rotatable bonds is 9. The normalized spacial score (nSPS) is 14.4. The van der Waals surface area contributed by atoms with E-state index in [4.69, 9.17) is 9.79 Å². The van der Waals surface area contributed by atoms with E-state index in [1.165, 1.54) is 25.7 Å². The monoisotopic (exact) mass is 252 g/mol. The van der Waals surface area contributed by atoms with E-state index in [1.807, 2.05) is 0 Å². The molecule has 16 heavy (non-hydrogen) atoms.